The molecule has 8 heteroatoms. The number of fused-ring (bicyclic) bond motifs is 3. The highest BCUT2D eigenvalue weighted by molar-refractivity contribution is 6.28. The van der Waals surface area contributed by atoms with Crippen molar-refractivity contribution >= 4 is 23.2 Å². The Labute approximate surface area is 127 Å². The lowest BCUT2D eigenvalue weighted by atomic mass is 10.2. The van der Waals surface area contributed by atoms with Gasteiger partial charge in [0.05, 0.1) is 32.5 Å². The van der Waals surface area contributed by atoms with E-state index < -0.39 is 0 Å². The van der Waals surface area contributed by atoms with E-state index in [1.54, 1.807) is 0 Å². The van der Waals surface area contributed by atoms with Crippen LogP contribution < -0.4 is 14.5 Å². The average molecular weight is 313 g/mol. The molecule has 21 heavy (non-hydrogen) atoms. The second kappa shape index (κ2) is 5.47. The minimum atomic E-state index is 0.203. The minimum absolute atomic E-state index is 0.203. The van der Waals surface area contributed by atoms with Crippen molar-refractivity contribution in [1.82, 2.24) is 9.97 Å². The second-order valence-corrected chi connectivity index (χ2v) is 5.64. The van der Waals surface area contributed by atoms with E-state index in [-0.39, 0.29) is 11.3 Å². The van der Waals surface area contributed by atoms with Gasteiger partial charge in [-0.2, -0.15) is 9.97 Å². The summed E-state index contributed by atoms with van der Waals surface area (Å²) in [6.45, 7) is 5.71. The van der Waals surface area contributed by atoms with Crippen LogP contribution in [0.1, 0.15) is 0 Å². The lowest BCUT2D eigenvalue weighted by Crippen LogP contribution is -2.52. The van der Waals surface area contributed by atoms with Gasteiger partial charge in [-0.1, -0.05) is 0 Å². The summed E-state index contributed by atoms with van der Waals surface area (Å²) in [6.07, 6.45) is 0. The lowest BCUT2D eigenvalue weighted by Gasteiger charge is -2.41. The van der Waals surface area contributed by atoms with E-state index in [0.717, 1.165) is 37.0 Å². The first kappa shape index (κ1) is 13.4. The van der Waals surface area contributed by atoms with Gasteiger partial charge in [-0.3, -0.25) is 0 Å². The molecule has 0 radical (unpaired) electrons. The van der Waals surface area contributed by atoms with Gasteiger partial charge in [0.2, 0.25) is 11.0 Å². The number of anilines is 2. The molecular weight excluding hydrogens is 296 g/mol. The second-order valence-electron chi connectivity index (χ2n) is 5.30. The van der Waals surface area contributed by atoms with Crippen molar-refractivity contribution in [2.45, 2.75) is 6.04 Å². The Hall–Kier alpha value is -1.31. The van der Waals surface area contributed by atoms with E-state index in [0.29, 0.717) is 33.0 Å². The number of aromatic nitrogens is 2. The number of rotatable bonds is 1. The van der Waals surface area contributed by atoms with Crippen LogP contribution in [-0.4, -0.2) is 68.7 Å². The highest BCUT2D eigenvalue weighted by Crippen LogP contribution is 2.40. The van der Waals surface area contributed by atoms with Gasteiger partial charge in [-0.05, 0) is 11.6 Å². The van der Waals surface area contributed by atoms with Gasteiger partial charge < -0.3 is 24.0 Å². The summed E-state index contributed by atoms with van der Waals surface area (Å²) < 4.78 is 16.8. The molecule has 1 unspecified atom stereocenters. The Balaban J connectivity index is 1.74. The first-order valence-corrected chi connectivity index (χ1v) is 7.58. The third kappa shape index (κ3) is 2.39. The van der Waals surface area contributed by atoms with Crippen molar-refractivity contribution in [1.29, 1.82) is 0 Å². The van der Waals surface area contributed by atoms with Gasteiger partial charge in [0.15, 0.2) is 11.6 Å². The molecule has 1 aromatic heterocycles. The maximum atomic E-state index is 6.14. The molecule has 1 atom stereocenters. The van der Waals surface area contributed by atoms with E-state index in [1.807, 2.05) is 0 Å². The third-order valence-corrected chi connectivity index (χ3v) is 4.20. The molecule has 4 heterocycles. The first-order valence-electron chi connectivity index (χ1n) is 7.20. The van der Waals surface area contributed by atoms with Crippen molar-refractivity contribution in [3.05, 3.63) is 5.28 Å². The van der Waals surface area contributed by atoms with Crippen molar-refractivity contribution in [3.8, 4) is 5.75 Å². The molecule has 0 spiro atoms. The van der Waals surface area contributed by atoms with Gasteiger partial charge in [0, 0.05) is 19.6 Å². The molecule has 114 valence electrons. The third-order valence-electron chi connectivity index (χ3n) is 4.03. The summed E-state index contributed by atoms with van der Waals surface area (Å²) >= 11 is 6.14. The van der Waals surface area contributed by atoms with Crippen LogP contribution in [0.3, 0.4) is 0 Å². The normalized spacial score (nSPS) is 25.1. The Morgan fingerprint density at radius 3 is 2.57 bits per heavy atom. The van der Waals surface area contributed by atoms with Crippen molar-refractivity contribution in [3.63, 3.8) is 0 Å². The fourth-order valence-electron chi connectivity index (χ4n) is 2.97. The standard InChI is InChI=1S/C13H17ClN4O3/c14-13-15-11(17-1-4-19-5-2-17)10-12(16-13)18-3-6-20-7-9(18)8-21-10/h9H,1-8H2. The Kier molecular flexibility index (Phi) is 3.48. The van der Waals surface area contributed by atoms with Crippen LogP contribution in [0, 0.1) is 0 Å². The molecule has 2 saturated heterocycles. The van der Waals surface area contributed by atoms with Crippen molar-refractivity contribution in [2.24, 2.45) is 0 Å². The molecule has 3 aliphatic heterocycles. The molecule has 0 aromatic carbocycles. The SMILES string of the molecule is Clc1nc(N2CCOCC2)c2c(n1)N1CCOCC1CO2. The number of hydrogen-bond acceptors (Lipinski definition) is 7. The van der Waals surface area contributed by atoms with Crippen LogP contribution in [0.15, 0.2) is 0 Å². The number of halogens is 1. The molecule has 0 aliphatic carbocycles. The van der Waals surface area contributed by atoms with E-state index >= 15 is 0 Å². The lowest BCUT2D eigenvalue weighted by molar-refractivity contribution is 0.0695. The quantitative estimate of drug-likeness (QED) is 0.702. The van der Waals surface area contributed by atoms with Crippen LogP contribution in [0.4, 0.5) is 11.6 Å². The smallest absolute Gasteiger partial charge is 0.226 e. The zero-order chi connectivity index (χ0) is 14.2. The van der Waals surface area contributed by atoms with Crippen molar-refractivity contribution < 1.29 is 14.2 Å². The number of morpholine rings is 2. The van der Waals surface area contributed by atoms with Crippen LogP contribution in [0.5, 0.6) is 5.75 Å². The van der Waals surface area contributed by atoms with E-state index in [4.69, 9.17) is 25.8 Å². The highest BCUT2D eigenvalue weighted by Gasteiger charge is 2.35. The monoisotopic (exact) mass is 312 g/mol. The molecule has 1 aromatic rings. The zero-order valence-corrected chi connectivity index (χ0v) is 12.4. The maximum Gasteiger partial charge on any atom is 0.226 e. The Morgan fingerprint density at radius 1 is 0.952 bits per heavy atom. The summed E-state index contributed by atoms with van der Waals surface area (Å²) in [6, 6.07) is 0.203. The van der Waals surface area contributed by atoms with Crippen LogP contribution >= 0.6 is 11.6 Å². The molecule has 0 amide bonds. The summed E-state index contributed by atoms with van der Waals surface area (Å²) in [4.78, 5) is 13.2. The number of nitrogens with zero attached hydrogens (tertiary/aromatic N) is 4. The predicted molar refractivity (Wildman–Crippen MR) is 77.5 cm³/mol. The molecule has 4 rings (SSSR count). The summed E-state index contributed by atoms with van der Waals surface area (Å²) in [5.41, 5.74) is 0. The highest BCUT2D eigenvalue weighted by atomic mass is 35.5. The molecular formula is C13H17ClN4O3. The average Bonchev–Trinajstić information content (AvgIpc) is 2.55. The Morgan fingerprint density at radius 2 is 1.71 bits per heavy atom. The van der Waals surface area contributed by atoms with E-state index in [2.05, 4.69) is 19.8 Å². The molecule has 3 aliphatic rings. The molecule has 0 bridgehead atoms. The van der Waals surface area contributed by atoms with Gasteiger partial charge in [-0.15, -0.1) is 0 Å². The maximum absolute atomic E-state index is 6.14. The van der Waals surface area contributed by atoms with Gasteiger partial charge in [-0.25, -0.2) is 0 Å². The predicted octanol–water partition coefficient (Wildman–Crippen LogP) is 0.564. The molecule has 7 nitrogen and oxygen atoms in total. The van der Waals surface area contributed by atoms with E-state index in [9.17, 15) is 0 Å². The number of ether oxygens (including phenoxy) is 3. The molecule has 0 saturated carbocycles. The number of hydrogen-bond donors (Lipinski definition) is 0. The molecule has 2 fully saturated rings. The summed E-state index contributed by atoms with van der Waals surface area (Å²) in [7, 11) is 0. The fraction of sp³-hybridized carbons (Fsp3) is 0.692. The largest absolute Gasteiger partial charge is 0.484 e. The topological polar surface area (TPSA) is 60.0 Å². The van der Waals surface area contributed by atoms with Gasteiger partial charge >= 0.3 is 0 Å². The Bertz CT molecular complexity index is 521. The fourth-order valence-corrected chi connectivity index (χ4v) is 3.13. The molecule has 0 N–H and O–H groups in total. The van der Waals surface area contributed by atoms with Crippen LogP contribution in [0.25, 0.3) is 0 Å². The van der Waals surface area contributed by atoms with Crippen LogP contribution in [0.2, 0.25) is 5.28 Å². The first-order chi connectivity index (χ1) is 10.3. The minimum Gasteiger partial charge on any atom is -0.484 e. The summed E-state index contributed by atoms with van der Waals surface area (Å²) in [5.74, 6) is 2.30. The summed E-state index contributed by atoms with van der Waals surface area (Å²) in [5, 5.41) is 0.256. The van der Waals surface area contributed by atoms with Crippen molar-refractivity contribution in [2.75, 3.05) is 62.5 Å². The van der Waals surface area contributed by atoms with Gasteiger partial charge in [0.25, 0.3) is 0 Å². The zero-order valence-electron chi connectivity index (χ0n) is 11.6. The van der Waals surface area contributed by atoms with E-state index in [1.165, 1.54) is 0 Å². The van der Waals surface area contributed by atoms with Crippen LogP contribution in [-0.2, 0) is 9.47 Å². The van der Waals surface area contributed by atoms with Gasteiger partial charge in [0.1, 0.15) is 6.61 Å².